The molecule has 0 spiro atoms. The van der Waals surface area contributed by atoms with Crippen LogP contribution < -0.4 is 5.32 Å². The Morgan fingerprint density at radius 1 is 1.31 bits per heavy atom. The van der Waals surface area contributed by atoms with Gasteiger partial charge in [-0.15, -0.1) is 0 Å². The summed E-state index contributed by atoms with van der Waals surface area (Å²) in [6.07, 6.45) is 7.09. The van der Waals surface area contributed by atoms with Crippen LogP contribution in [-0.4, -0.2) is 17.0 Å². The number of amides is 1. The Kier molecular flexibility index (Phi) is 2.34. The van der Waals surface area contributed by atoms with Gasteiger partial charge in [-0.2, -0.15) is 0 Å². The standard InChI is InChI=1S/C10H14N2O/c13-10-9(5-1-2-6-11-10)12-7-3-4-8-12/h3-4,7-9H,1-2,5-6H2,(H,11,13)/t9-/m0/s1. The lowest BCUT2D eigenvalue weighted by Crippen LogP contribution is -2.30. The molecule has 2 heterocycles. The number of nitrogens with one attached hydrogen (secondary N) is 1. The summed E-state index contributed by atoms with van der Waals surface area (Å²) in [4.78, 5) is 11.6. The van der Waals surface area contributed by atoms with Crippen LogP contribution in [-0.2, 0) is 4.79 Å². The van der Waals surface area contributed by atoms with Crippen LogP contribution in [0.4, 0.5) is 0 Å². The van der Waals surface area contributed by atoms with Crippen molar-refractivity contribution in [1.82, 2.24) is 9.88 Å². The molecule has 0 unspecified atom stereocenters. The second-order valence-electron chi connectivity index (χ2n) is 3.43. The van der Waals surface area contributed by atoms with Crippen LogP contribution in [0.5, 0.6) is 0 Å². The maximum atomic E-state index is 11.6. The molecular formula is C10H14N2O. The van der Waals surface area contributed by atoms with Crippen molar-refractivity contribution >= 4 is 5.91 Å². The van der Waals surface area contributed by atoms with Crippen molar-refractivity contribution < 1.29 is 4.79 Å². The molecule has 0 radical (unpaired) electrons. The number of carbonyl (C=O) groups is 1. The third-order valence-corrected chi connectivity index (χ3v) is 2.49. The van der Waals surface area contributed by atoms with E-state index >= 15 is 0 Å². The van der Waals surface area contributed by atoms with E-state index in [0.29, 0.717) is 0 Å². The van der Waals surface area contributed by atoms with Crippen LogP contribution in [0.3, 0.4) is 0 Å². The zero-order valence-electron chi connectivity index (χ0n) is 7.57. The first-order chi connectivity index (χ1) is 6.38. The molecule has 13 heavy (non-hydrogen) atoms. The summed E-state index contributed by atoms with van der Waals surface area (Å²) < 4.78 is 1.99. The van der Waals surface area contributed by atoms with Crippen LogP contribution in [0.1, 0.15) is 25.3 Å². The van der Waals surface area contributed by atoms with E-state index in [2.05, 4.69) is 5.32 Å². The number of hydrogen-bond acceptors (Lipinski definition) is 1. The minimum Gasteiger partial charge on any atom is -0.354 e. The molecule has 0 saturated carbocycles. The highest BCUT2D eigenvalue weighted by Crippen LogP contribution is 2.17. The minimum absolute atomic E-state index is 0.0116. The molecule has 1 aromatic heterocycles. The quantitative estimate of drug-likeness (QED) is 0.691. The van der Waals surface area contributed by atoms with Crippen molar-refractivity contribution in [3.8, 4) is 0 Å². The smallest absolute Gasteiger partial charge is 0.243 e. The van der Waals surface area contributed by atoms with Crippen LogP contribution in [0.15, 0.2) is 24.5 Å². The third kappa shape index (κ3) is 1.74. The molecular weight excluding hydrogens is 164 g/mol. The topological polar surface area (TPSA) is 34.0 Å². The SMILES string of the molecule is O=C1NCCCC[C@@H]1n1cccc1. The summed E-state index contributed by atoms with van der Waals surface area (Å²) in [5.74, 6) is 0.161. The average Bonchev–Trinajstić information content (AvgIpc) is 2.56. The molecule has 1 N–H and O–H groups in total. The van der Waals surface area contributed by atoms with Crippen molar-refractivity contribution in [1.29, 1.82) is 0 Å². The predicted octanol–water partition coefficient (Wildman–Crippen LogP) is 1.33. The molecule has 1 aliphatic heterocycles. The fourth-order valence-corrected chi connectivity index (χ4v) is 1.76. The van der Waals surface area contributed by atoms with Crippen molar-refractivity contribution in [2.75, 3.05) is 6.54 Å². The van der Waals surface area contributed by atoms with E-state index in [1.807, 2.05) is 29.1 Å². The zero-order valence-corrected chi connectivity index (χ0v) is 7.57. The first-order valence-electron chi connectivity index (χ1n) is 4.78. The summed E-state index contributed by atoms with van der Waals surface area (Å²) >= 11 is 0. The maximum absolute atomic E-state index is 11.6. The van der Waals surface area contributed by atoms with E-state index in [-0.39, 0.29) is 11.9 Å². The Hall–Kier alpha value is -1.25. The molecule has 0 aromatic carbocycles. The first-order valence-corrected chi connectivity index (χ1v) is 4.78. The van der Waals surface area contributed by atoms with Crippen LogP contribution in [0.25, 0.3) is 0 Å². The highest BCUT2D eigenvalue weighted by atomic mass is 16.2. The fourth-order valence-electron chi connectivity index (χ4n) is 1.76. The van der Waals surface area contributed by atoms with Gasteiger partial charge in [0.1, 0.15) is 6.04 Å². The molecule has 0 bridgehead atoms. The number of hydrogen-bond donors (Lipinski definition) is 1. The van der Waals surface area contributed by atoms with Crippen LogP contribution >= 0.6 is 0 Å². The summed E-state index contributed by atoms with van der Waals surface area (Å²) in [5, 5.41) is 2.92. The third-order valence-electron chi connectivity index (χ3n) is 2.49. The number of carbonyl (C=O) groups excluding carboxylic acids is 1. The summed E-state index contributed by atoms with van der Waals surface area (Å²) in [5.41, 5.74) is 0. The van der Waals surface area contributed by atoms with Crippen LogP contribution in [0, 0.1) is 0 Å². The van der Waals surface area contributed by atoms with E-state index in [4.69, 9.17) is 0 Å². The molecule has 70 valence electrons. The summed E-state index contributed by atoms with van der Waals surface area (Å²) in [6.45, 7) is 0.830. The molecule has 0 aliphatic carbocycles. The van der Waals surface area contributed by atoms with E-state index in [9.17, 15) is 4.79 Å². The van der Waals surface area contributed by atoms with Gasteiger partial charge in [0.15, 0.2) is 0 Å². The normalized spacial score (nSPS) is 23.7. The molecule has 3 heteroatoms. The van der Waals surface area contributed by atoms with Crippen molar-refractivity contribution in [2.45, 2.75) is 25.3 Å². The monoisotopic (exact) mass is 178 g/mol. The Bertz CT molecular complexity index is 279. The van der Waals surface area contributed by atoms with Gasteiger partial charge in [-0.3, -0.25) is 4.79 Å². The number of rotatable bonds is 1. The molecule has 1 aromatic rings. The minimum atomic E-state index is 0.0116. The van der Waals surface area contributed by atoms with Crippen molar-refractivity contribution in [2.24, 2.45) is 0 Å². The zero-order chi connectivity index (χ0) is 9.10. The Morgan fingerprint density at radius 3 is 2.85 bits per heavy atom. The lowest BCUT2D eigenvalue weighted by atomic mass is 10.1. The van der Waals surface area contributed by atoms with E-state index in [1.165, 1.54) is 0 Å². The lowest BCUT2D eigenvalue weighted by Gasteiger charge is -2.14. The first kappa shape index (κ1) is 8.35. The van der Waals surface area contributed by atoms with Gasteiger partial charge in [0.05, 0.1) is 0 Å². The van der Waals surface area contributed by atoms with Gasteiger partial charge < -0.3 is 9.88 Å². The summed E-state index contributed by atoms with van der Waals surface area (Å²) in [7, 11) is 0. The van der Waals surface area contributed by atoms with Gasteiger partial charge in [0, 0.05) is 18.9 Å². The maximum Gasteiger partial charge on any atom is 0.243 e. The molecule has 1 amide bonds. The molecule has 1 aliphatic rings. The highest BCUT2D eigenvalue weighted by Gasteiger charge is 2.20. The number of aromatic nitrogens is 1. The van der Waals surface area contributed by atoms with E-state index in [0.717, 1.165) is 25.8 Å². The molecule has 3 nitrogen and oxygen atoms in total. The summed E-state index contributed by atoms with van der Waals surface area (Å²) in [6, 6.07) is 3.92. The van der Waals surface area contributed by atoms with Gasteiger partial charge in [-0.25, -0.2) is 0 Å². The fraction of sp³-hybridized carbons (Fsp3) is 0.500. The van der Waals surface area contributed by atoms with Gasteiger partial charge in [-0.05, 0) is 31.4 Å². The van der Waals surface area contributed by atoms with E-state index in [1.54, 1.807) is 0 Å². The Morgan fingerprint density at radius 2 is 2.08 bits per heavy atom. The van der Waals surface area contributed by atoms with Gasteiger partial charge in [0.2, 0.25) is 5.91 Å². The molecule has 1 atom stereocenters. The lowest BCUT2D eigenvalue weighted by molar-refractivity contribution is -0.124. The second-order valence-corrected chi connectivity index (χ2v) is 3.43. The average molecular weight is 178 g/mol. The molecule has 1 fully saturated rings. The Balaban J connectivity index is 2.16. The Labute approximate surface area is 77.7 Å². The predicted molar refractivity (Wildman–Crippen MR) is 50.3 cm³/mol. The number of nitrogens with zero attached hydrogens (tertiary/aromatic N) is 1. The van der Waals surface area contributed by atoms with E-state index < -0.39 is 0 Å². The second kappa shape index (κ2) is 3.64. The van der Waals surface area contributed by atoms with Crippen molar-refractivity contribution in [3.63, 3.8) is 0 Å². The largest absolute Gasteiger partial charge is 0.354 e. The van der Waals surface area contributed by atoms with Gasteiger partial charge in [0.25, 0.3) is 0 Å². The van der Waals surface area contributed by atoms with Crippen LogP contribution in [0.2, 0.25) is 0 Å². The molecule has 2 rings (SSSR count). The van der Waals surface area contributed by atoms with Gasteiger partial charge in [-0.1, -0.05) is 0 Å². The van der Waals surface area contributed by atoms with Gasteiger partial charge >= 0.3 is 0 Å². The van der Waals surface area contributed by atoms with Crippen molar-refractivity contribution in [3.05, 3.63) is 24.5 Å². The highest BCUT2D eigenvalue weighted by molar-refractivity contribution is 5.80. The molecule has 1 saturated heterocycles.